The van der Waals surface area contributed by atoms with Crippen LogP contribution >= 0.6 is 0 Å². The van der Waals surface area contributed by atoms with Crippen molar-refractivity contribution in [3.8, 4) is 0 Å². The van der Waals surface area contributed by atoms with Crippen LogP contribution in [0.15, 0.2) is 48.5 Å². The van der Waals surface area contributed by atoms with Gasteiger partial charge in [-0.25, -0.2) is 4.39 Å². The predicted molar refractivity (Wildman–Crippen MR) is 75.7 cm³/mol. The van der Waals surface area contributed by atoms with E-state index in [0.717, 1.165) is 11.1 Å². The topological polar surface area (TPSA) is 17.1 Å². The summed E-state index contributed by atoms with van der Waals surface area (Å²) in [6, 6.07) is 11.9. The van der Waals surface area contributed by atoms with E-state index >= 15 is 0 Å². The third kappa shape index (κ3) is 3.38. The van der Waals surface area contributed by atoms with Gasteiger partial charge in [-0.1, -0.05) is 35.9 Å². The Kier molecular flexibility index (Phi) is 3.91. The second-order valence-electron chi connectivity index (χ2n) is 4.57. The van der Waals surface area contributed by atoms with Crippen LogP contribution in [0.25, 0.3) is 6.08 Å². The highest BCUT2D eigenvalue weighted by atomic mass is 19.1. The molecule has 0 aromatic heterocycles. The van der Waals surface area contributed by atoms with Crippen LogP contribution in [0.3, 0.4) is 0 Å². The first kappa shape index (κ1) is 13.2. The molecule has 0 aliphatic rings. The van der Waals surface area contributed by atoms with Crippen molar-refractivity contribution in [1.82, 2.24) is 0 Å². The normalized spacial score (nSPS) is 10.9. The number of rotatable bonds is 3. The van der Waals surface area contributed by atoms with E-state index in [4.69, 9.17) is 0 Å². The Morgan fingerprint density at radius 1 is 1.11 bits per heavy atom. The lowest BCUT2D eigenvalue weighted by molar-refractivity contribution is 0.104. The first-order valence-electron chi connectivity index (χ1n) is 6.11. The molecule has 0 spiro atoms. The lowest BCUT2D eigenvalue weighted by Crippen LogP contribution is -1.98. The second-order valence-corrected chi connectivity index (χ2v) is 4.57. The first-order chi connectivity index (χ1) is 9.06. The zero-order chi connectivity index (χ0) is 13.8. The highest BCUT2D eigenvalue weighted by molar-refractivity contribution is 6.07. The lowest BCUT2D eigenvalue weighted by atomic mass is 10.0. The summed E-state index contributed by atoms with van der Waals surface area (Å²) in [4.78, 5) is 12.1. The minimum absolute atomic E-state index is 0.0644. The average Bonchev–Trinajstić information content (AvgIpc) is 2.39. The number of carbonyl (C=O) groups is 1. The van der Waals surface area contributed by atoms with E-state index < -0.39 is 0 Å². The number of carbonyl (C=O) groups excluding carboxylic acids is 1. The Balaban J connectivity index is 2.23. The molecule has 0 atom stereocenters. The Morgan fingerprint density at radius 2 is 1.89 bits per heavy atom. The van der Waals surface area contributed by atoms with Gasteiger partial charge in [-0.05, 0) is 49.2 Å². The van der Waals surface area contributed by atoms with Crippen LogP contribution < -0.4 is 0 Å². The minimum atomic E-state index is -0.304. The summed E-state index contributed by atoms with van der Waals surface area (Å²) in [5.74, 6) is -0.369. The van der Waals surface area contributed by atoms with Gasteiger partial charge in [-0.15, -0.1) is 0 Å². The van der Waals surface area contributed by atoms with Crippen LogP contribution in [0.1, 0.15) is 27.0 Å². The molecule has 0 aliphatic carbocycles. The number of ketones is 1. The molecule has 2 aromatic rings. The molecule has 96 valence electrons. The van der Waals surface area contributed by atoms with Crippen LogP contribution in [0, 0.1) is 19.7 Å². The number of benzene rings is 2. The Bertz CT molecular complexity index is 641. The molecule has 0 aliphatic heterocycles. The van der Waals surface area contributed by atoms with Gasteiger partial charge in [0.15, 0.2) is 5.78 Å². The fourth-order valence-electron chi connectivity index (χ4n) is 1.87. The van der Waals surface area contributed by atoms with Crippen molar-refractivity contribution in [2.45, 2.75) is 13.8 Å². The Hall–Kier alpha value is -2.22. The molecule has 0 amide bonds. The lowest BCUT2D eigenvalue weighted by Gasteiger charge is -2.03. The van der Waals surface area contributed by atoms with E-state index in [1.807, 2.05) is 32.0 Å². The van der Waals surface area contributed by atoms with Crippen molar-refractivity contribution < 1.29 is 9.18 Å². The monoisotopic (exact) mass is 254 g/mol. The van der Waals surface area contributed by atoms with Crippen LogP contribution in [-0.4, -0.2) is 5.78 Å². The van der Waals surface area contributed by atoms with E-state index in [0.29, 0.717) is 11.1 Å². The van der Waals surface area contributed by atoms with Crippen LogP contribution in [0.4, 0.5) is 4.39 Å². The Morgan fingerprint density at radius 3 is 2.63 bits per heavy atom. The van der Waals surface area contributed by atoms with E-state index in [9.17, 15) is 9.18 Å². The van der Waals surface area contributed by atoms with Crippen molar-refractivity contribution in [2.75, 3.05) is 0 Å². The summed E-state index contributed by atoms with van der Waals surface area (Å²) in [6.07, 6.45) is 3.11. The Labute approximate surface area is 112 Å². The number of hydrogen-bond donors (Lipinski definition) is 0. The molecule has 1 nitrogen and oxygen atoms in total. The standard InChI is InChI=1S/C17H15FO/c1-12-6-7-13(2)16(10-12)17(19)9-8-14-4-3-5-15(18)11-14/h3-11H,1-2H3. The van der Waals surface area contributed by atoms with Crippen LogP contribution in [0.2, 0.25) is 0 Å². The number of aryl methyl sites for hydroxylation is 2. The van der Waals surface area contributed by atoms with Gasteiger partial charge in [0, 0.05) is 5.56 Å². The molecule has 0 bridgehead atoms. The molecule has 2 heteroatoms. The van der Waals surface area contributed by atoms with Crippen LogP contribution in [-0.2, 0) is 0 Å². The maximum Gasteiger partial charge on any atom is 0.186 e. The number of halogens is 1. The van der Waals surface area contributed by atoms with Gasteiger partial charge in [0.1, 0.15) is 5.82 Å². The molecule has 0 heterocycles. The SMILES string of the molecule is Cc1ccc(C)c(C(=O)C=Cc2cccc(F)c2)c1. The van der Waals surface area contributed by atoms with Gasteiger partial charge in [-0.2, -0.15) is 0 Å². The molecular weight excluding hydrogens is 239 g/mol. The molecule has 0 unspecified atom stereocenters. The van der Waals surface area contributed by atoms with Gasteiger partial charge in [0.2, 0.25) is 0 Å². The highest BCUT2D eigenvalue weighted by Crippen LogP contribution is 2.13. The molecule has 19 heavy (non-hydrogen) atoms. The fraction of sp³-hybridized carbons (Fsp3) is 0.118. The quantitative estimate of drug-likeness (QED) is 0.588. The summed E-state index contributed by atoms with van der Waals surface area (Å²) in [5.41, 5.74) is 3.36. The predicted octanol–water partition coefficient (Wildman–Crippen LogP) is 4.34. The molecule has 0 saturated carbocycles. The van der Waals surface area contributed by atoms with Gasteiger partial charge >= 0.3 is 0 Å². The van der Waals surface area contributed by atoms with E-state index in [1.54, 1.807) is 18.2 Å². The summed E-state index contributed by atoms with van der Waals surface area (Å²) in [5, 5.41) is 0. The number of hydrogen-bond acceptors (Lipinski definition) is 1. The second kappa shape index (κ2) is 5.61. The van der Waals surface area contributed by atoms with Crippen molar-refractivity contribution in [1.29, 1.82) is 0 Å². The molecule has 0 radical (unpaired) electrons. The number of allylic oxidation sites excluding steroid dienone is 1. The van der Waals surface area contributed by atoms with Gasteiger partial charge in [0.05, 0.1) is 0 Å². The van der Waals surface area contributed by atoms with E-state index in [2.05, 4.69) is 0 Å². The van der Waals surface area contributed by atoms with Crippen molar-refractivity contribution in [3.63, 3.8) is 0 Å². The summed E-state index contributed by atoms with van der Waals surface area (Å²) >= 11 is 0. The third-order valence-corrected chi connectivity index (χ3v) is 2.93. The smallest absolute Gasteiger partial charge is 0.186 e. The molecule has 0 N–H and O–H groups in total. The van der Waals surface area contributed by atoms with Crippen molar-refractivity contribution in [3.05, 3.63) is 76.6 Å². The van der Waals surface area contributed by atoms with E-state index in [-0.39, 0.29) is 11.6 Å². The molecule has 2 rings (SSSR count). The molecule has 0 saturated heterocycles. The molecule has 2 aromatic carbocycles. The maximum absolute atomic E-state index is 13.0. The van der Waals surface area contributed by atoms with Crippen molar-refractivity contribution >= 4 is 11.9 Å². The fourth-order valence-corrected chi connectivity index (χ4v) is 1.87. The summed E-state index contributed by atoms with van der Waals surface area (Å²) in [6.45, 7) is 3.86. The van der Waals surface area contributed by atoms with Crippen molar-refractivity contribution in [2.24, 2.45) is 0 Å². The highest BCUT2D eigenvalue weighted by Gasteiger charge is 2.05. The third-order valence-electron chi connectivity index (χ3n) is 2.93. The molecule has 0 fully saturated rings. The zero-order valence-electron chi connectivity index (χ0n) is 11.0. The summed E-state index contributed by atoms with van der Waals surface area (Å²) in [7, 11) is 0. The maximum atomic E-state index is 13.0. The van der Waals surface area contributed by atoms with Gasteiger partial charge in [-0.3, -0.25) is 4.79 Å². The largest absolute Gasteiger partial charge is 0.289 e. The minimum Gasteiger partial charge on any atom is -0.289 e. The zero-order valence-corrected chi connectivity index (χ0v) is 11.0. The summed E-state index contributed by atoms with van der Waals surface area (Å²) < 4.78 is 13.0. The van der Waals surface area contributed by atoms with Gasteiger partial charge in [0.25, 0.3) is 0 Å². The van der Waals surface area contributed by atoms with E-state index in [1.165, 1.54) is 18.2 Å². The first-order valence-corrected chi connectivity index (χ1v) is 6.11. The van der Waals surface area contributed by atoms with Crippen LogP contribution in [0.5, 0.6) is 0 Å². The van der Waals surface area contributed by atoms with Gasteiger partial charge < -0.3 is 0 Å². The average molecular weight is 254 g/mol. The molecular formula is C17H15FO.